The molecule has 3 saturated carbocycles. The average molecular weight is 222 g/mol. The summed E-state index contributed by atoms with van der Waals surface area (Å²) in [5, 5.41) is 10.1. The highest BCUT2D eigenvalue weighted by molar-refractivity contribution is 5.63. The Morgan fingerprint density at radius 3 is 2.88 bits per heavy atom. The van der Waals surface area contributed by atoms with Crippen molar-refractivity contribution in [2.45, 2.75) is 58.0 Å². The monoisotopic (exact) mass is 222 g/mol. The maximum Gasteiger partial charge on any atom is 0.126 e. The molecule has 0 aromatic rings. The SMILES string of the molecule is CC[C@@]1(C=O)C[C@]23CCC[C@H](O)C2CCC13. The van der Waals surface area contributed by atoms with Gasteiger partial charge in [0.25, 0.3) is 0 Å². The highest BCUT2D eigenvalue weighted by Gasteiger charge is 2.68. The van der Waals surface area contributed by atoms with Crippen LogP contribution in [-0.4, -0.2) is 17.5 Å². The van der Waals surface area contributed by atoms with E-state index in [2.05, 4.69) is 6.92 Å². The first-order chi connectivity index (χ1) is 7.68. The molecule has 2 unspecified atom stereocenters. The van der Waals surface area contributed by atoms with Crippen LogP contribution in [0.2, 0.25) is 0 Å². The first-order valence-corrected chi connectivity index (χ1v) is 6.83. The Hall–Kier alpha value is -0.370. The molecule has 3 fully saturated rings. The molecule has 0 radical (unpaired) electrons. The van der Waals surface area contributed by atoms with Crippen LogP contribution in [0.15, 0.2) is 0 Å². The average Bonchev–Trinajstić information content (AvgIpc) is 2.58. The molecule has 3 rings (SSSR count). The molecule has 0 aromatic heterocycles. The molecule has 0 bridgehead atoms. The minimum absolute atomic E-state index is 0.0220. The van der Waals surface area contributed by atoms with E-state index in [4.69, 9.17) is 0 Å². The van der Waals surface area contributed by atoms with Gasteiger partial charge in [-0.1, -0.05) is 13.3 Å². The van der Waals surface area contributed by atoms with Crippen LogP contribution in [-0.2, 0) is 4.79 Å². The third-order valence-electron chi connectivity index (χ3n) is 6.05. The van der Waals surface area contributed by atoms with E-state index in [1.54, 1.807) is 0 Å². The van der Waals surface area contributed by atoms with Crippen molar-refractivity contribution in [3.05, 3.63) is 0 Å². The third-order valence-corrected chi connectivity index (χ3v) is 6.05. The topological polar surface area (TPSA) is 37.3 Å². The van der Waals surface area contributed by atoms with Crippen molar-refractivity contribution in [2.24, 2.45) is 22.7 Å². The minimum atomic E-state index is -0.0831. The first-order valence-electron chi connectivity index (χ1n) is 6.83. The van der Waals surface area contributed by atoms with Gasteiger partial charge in [0.2, 0.25) is 0 Å². The van der Waals surface area contributed by atoms with Crippen LogP contribution in [0.1, 0.15) is 51.9 Å². The van der Waals surface area contributed by atoms with Gasteiger partial charge in [-0.3, -0.25) is 0 Å². The normalized spacial score (nSPS) is 55.0. The van der Waals surface area contributed by atoms with Gasteiger partial charge in [0.15, 0.2) is 0 Å². The molecule has 0 amide bonds. The summed E-state index contributed by atoms with van der Waals surface area (Å²) in [5.74, 6) is 1.09. The van der Waals surface area contributed by atoms with E-state index in [1.807, 2.05) is 0 Å². The number of carbonyl (C=O) groups is 1. The Kier molecular flexibility index (Phi) is 2.23. The van der Waals surface area contributed by atoms with E-state index in [1.165, 1.54) is 19.1 Å². The van der Waals surface area contributed by atoms with Crippen LogP contribution in [0.25, 0.3) is 0 Å². The molecule has 5 atom stereocenters. The molecular weight excluding hydrogens is 200 g/mol. The van der Waals surface area contributed by atoms with E-state index in [0.29, 0.717) is 17.3 Å². The Balaban J connectivity index is 1.90. The number of carbonyl (C=O) groups excluding carboxylic acids is 1. The lowest BCUT2D eigenvalue weighted by Gasteiger charge is -2.62. The van der Waals surface area contributed by atoms with Gasteiger partial charge in [-0.05, 0) is 55.8 Å². The molecule has 2 heteroatoms. The lowest BCUT2D eigenvalue weighted by Crippen LogP contribution is -2.59. The van der Waals surface area contributed by atoms with E-state index in [0.717, 1.165) is 32.1 Å². The summed E-state index contributed by atoms with van der Waals surface area (Å²) in [7, 11) is 0. The van der Waals surface area contributed by atoms with Crippen LogP contribution < -0.4 is 0 Å². The zero-order valence-electron chi connectivity index (χ0n) is 10.1. The second-order valence-electron chi connectivity index (χ2n) is 6.31. The molecule has 0 aliphatic heterocycles. The fourth-order valence-corrected chi connectivity index (χ4v) is 5.34. The van der Waals surface area contributed by atoms with Crippen LogP contribution >= 0.6 is 0 Å². The van der Waals surface area contributed by atoms with Crippen LogP contribution in [0.5, 0.6) is 0 Å². The highest BCUT2D eigenvalue weighted by Crippen LogP contribution is 2.73. The Labute approximate surface area is 97.4 Å². The van der Waals surface area contributed by atoms with Crippen LogP contribution in [0, 0.1) is 22.7 Å². The Morgan fingerprint density at radius 1 is 1.38 bits per heavy atom. The summed E-state index contributed by atoms with van der Waals surface area (Å²) < 4.78 is 0. The Bertz CT molecular complexity index is 314. The smallest absolute Gasteiger partial charge is 0.126 e. The van der Waals surface area contributed by atoms with Gasteiger partial charge in [-0.15, -0.1) is 0 Å². The fourth-order valence-electron chi connectivity index (χ4n) is 5.34. The van der Waals surface area contributed by atoms with E-state index < -0.39 is 0 Å². The molecule has 90 valence electrons. The molecular formula is C14H22O2. The van der Waals surface area contributed by atoms with E-state index >= 15 is 0 Å². The maximum absolute atomic E-state index is 11.4. The molecule has 0 heterocycles. The molecule has 3 aliphatic carbocycles. The predicted molar refractivity (Wildman–Crippen MR) is 61.9 cm³/mol. The second kappa shape index (κ2) is 3.32. The van der Waals surface area contributed by atoms with Gasteiger partial charge < -0.3 is 9.90 Å². The zero-order valence-corrected chi connectivity index (χ0v) is 10.1. The number of aldehydes is 1. The van der Waals surface area contributed by atoms with Gasteiger partial charge in [-0.2, -0.15) is 0 Å². The predicted octanol–water partition coefficient (Wildman–Crippen LogP) is 2.54. The largest absolute Gasteiger partial charge is 0.393 e. The second-order valence-corrected chi connectivity index (χ2v) is 6.31. The van der Waals surface area contributed by atoms with E-state index in [-0.39, 0.29) is 11.5 Å². The van der Waals surface area contributed by atoms with Crippen molar-refractivity contribution in [2.75, 3.05) is 0 Å². The van der Waals surface area contributed by atoms with Crippen molar-refractivity contribution in [3.63, 3.8) is 0 Å². The molecule has 2 nitrogen and oxygen atoms in total. The van der Waals surface area contributed by atoms with Gasteiger partial charge >= 0.3 is 0 Å². The van der Waals surface area contributed by atoms with Crippen LogP contribution in [0.4, 0.5) is 0 Å². The molecule has 16 heavy (non-hydrogen) atoms. The van der Waals surface area contributed by atoms with Crippen molar-refractivity contribution in [3.8, 4) is 0 Å². The molecule has 1 N–H and O–H groups in total. The maximum atomic E-state index is 11.4. The van der Waals surface area contributed by atoms with Crippen LogP contribution in [0.3, 0.4) is 0 Å². The Morgan fingerprint density at radius 2 is 2.19 bits per heavy atom. The summed E-state index contributed by atoms with van der Waals surface area (Å²) >= 11 is 0. The lowest BCUT2D eigenvalue weighted by atomic mass is 9.41. The quantitative estimate of drug-likeness (QED) is 0.729. The van der Waals surface area contributed by atoms with Gasteiger partial charge in [0, 0.05) is 5.41 Å². The summed E-state index contributed by atoms with van der Waals surface area (Å²) in [4.78, 5) is 11.4. The third kappa shape index (κ3) is 1.04. The minimum Gasteiger partial charge on any atom is -0.393 e. The number of hydrogen-bond acceptors (Lipinski definition) is 2. The fraction of sp³-hybridized carbons (Fsp3) is 0.929. The van der Waals surface area contributed by atoms with Gasteiger partial charge in [0.1, 0.15) is 6.29 Å². The number of hydrogen-bond donors (Lipinski definition) is 1. The number of aliphatic hydroxyl groups excluding tert-OH is 1. The first kappa shape index (κ1) is 10.8. The summed E-state index contributed by atoms with van der Waals surface area (Å²) in [6, 6.07) is 0. The summed E-state index contributed by atoms with van der Waals surface area (Å²) in [6.07, 6.45) is 8.93. The van der Waals surface area contributed by atoms with Crippen molar-refractivity contribution in [1.29, 1.82) is 0 Å². The summed E-state index contributed by atoms with van der Waals surface area (Å²) in [5.41, 5.74) is 0.334. The molecule has 3 aliphatic rings. The molecule has 0 aromatic carbocycles. The number of aliphatic hydroxyl groups is 1. The standard InChI is InChI=1S/C14H22O2/c1-2-13(9-15)8-14-7-3-4-11(16)10(14)5-6-12(13)14/h9-12,16H,2-8H2,1H3/t10?,11-,12?,13-,14+/m0/s1. The van der Waals surface area contributed by atoms with Gasteiger partial charge in [0.05, 0.1) is 6.10 Å². The van der Waals surface area contributed by atoms with Crippen molar-refractivity contribution >= 4 is 6.29 Å². The zero-order chi connectivity index (χ0) is 11.4. The molecule has 1 spiro atoms. The van der Waals surface area contributed by atoms with E-state index in [9.17, 15) is 9.90 Å². The highest BCUT2D eigenvalue weighted by atomic mass is 16.3. The van der Waals surface area contributed by atoms with Crippen molar-refractivity contribution < 1.29 is 9.90 Å². The lowest BCUT2D eigenvalue weighted by molar-refractivity contribution is -0.174. The molecule has 0 saturated heterocycles. The van der Waals surface area contributed by atoms with Crippen molar-refractivity contribution in [1.82, 2.24) is 0 Å². The summed E-state index contributed by atoms with van der Waals surface area (Å²) in [6.45, 7) is 2.15. The number of rotatable bonds is 2. The van der Waals surface area contributed by atoms with Gasteiger partial charge in [-0.25, -0.2) is 0 Å².